The summed E-state index contributed by atoms with van der Waals surface area (Å²) in [5, 5.41) is 9.36. The molecule has 3 aromatic rings. The first kappa shape index (κ1) is 21.7. The summed E-state index contributed by atoms with van der Waals surface area (Å²) in [6.07, 6.45) is 0. The summed E-state index contributed by atoms with van der Waals surface area (Å²) in [4.78, 5) is 11.4. The van der Waals surface area contributed by atoms with Gasteiger partial charge < -0.3 is 20.3 Å². The van der Waals surface area contributed by atoms with Crippen molar-refractivity contribution in [3.8, 4) is 11.5 Å². The predicted octanol–water partition coefficient (Wildman–Crippen LogP) is 4.14. The lowest BCUT2D eigenvalue weighted by molar-refractivity contribution is -0.137. The van der Waals surface area contributed by atoms with Gasteiger partial charge in [0.25, 0.3) is 0 Å². The molecule has 0 fully saturated rings. The maximum atomic E-state index is 11.4. The molecule has 0 aliphatic carbocycles. The number of carboxylic acids is 1. The molecule has 5 nitrogen and oxygen atoms in total. The number of rotatable bonds is 9. The molecule has 0 heterocycles. The van der Waals surface area contributed by atoms with E-state index in [-0.39, 0.29) is 5.75 Å². The molecule has 0 spiro atoms. The van der Waals surface area contributed by atoms with Crippen molar-refractivity contribution in [2.45, 2.75) is 10.8 Å². The third-order valence-corrected chi connectivity index (χ3v) is 6.64. The Bertz CT molecular complexity index is 911. The van der Waals surface area contributed by atoms with Gasteiger partial charge in [-0.3, -0.25) is 4.79 Å². The zero-order valence-electron chi connectivity index (χ0n) is 16.9. The smallest absolute Gasteiger partial charge is 0.321 e. The van der Waals surface area contributed by atoms with Crippen LogP contribution in [0.15, 0.2) is 78.9 Å². The second-order valence-corrected chi connectivity index (χ2v) is 7.99. The second-order valence-electron chi connectivity index (χ2n) is 6.76. The molecule has 30 heavy (non-hydrogen) atoms. The largest absolute Gasteiger partial charge is 0.497 e. The molecule has 0 unspecified atom stereocenters. The summed E-state index contributed by atoms with van der Waals surface area (Å²) >= 11 is 1.50. The average Bonchev–Trinajstić information content (AvgIpc) is 2.80. The number of hydrogen-bond donors (Lipinski definition) is 2. The zero-order chi connectivity index (χ0) is 21.6. The van der Waals surface area contributed by atoms with Crippen LogP contribution in [0.25, 0.3) is 0 Å². The van der Waals surface area contributed by atoms with E-state index in [2.05, 4.69) is 0 Å². The number of aliphatic carboxylic acids is 1. The van der Waals surface area contributed by atoms with Gasteiger partial charge in [0.05, 0.1) is 19.0 Å². The fourth-order valence-electron chi connectivity index (χ4n) is 3.36. The Morgan fingerprint density at radius 3 is 1.70 bits per heavy atom. The van der Waals surface area contributed by atoms with Crippen molar-refractivity contribution in [3.05, 3.63) is 95.6 Å². The van der Waals surface area contributed by atoms with Crippen molar-refractivity contribution in [2.75, 3.05) is 20.0 Å². The Balaban J connectivity index is 2.21. The third-order valence-electron chi connectivity index (χ3n) is 4.97. The molecule has 0 radical (unpaired) electrons. The molecule has 0 aromatic heterocycles. The van der Waals surface area contributed by atoms with Crippen molar-refractivity contribution in [1.82, 2.24) is 0 Å². The van der Waals surface area contributed by atoms with Crippen molar-refractivity contribution in [3.63, 3.8) is 0 Å². The first-order valence-electron chi connectivity index (χ1n) is 9.48. The van der Waals surface area contributed by atoms with E-state index in [1.807, 2.05) is 78.9 Å². The first-order chi connectivity index (χ1) is 14.5. The van der Waals surface area contributed by atoms with E-state index in [4.69, 9.17) is 15.2 Å². The number of methoxy groups -OCH3 is 2. The lowest BCUT2D eigenvalue weighted by Gasteiger charge is -2.36. The van der Waals surface area contributed by atoms with Crippen LogP contribution in [0, 0.1) is 0 Å². The SMILES string of the molecule is COc1ccc(C(SC[C@H](N)C(=O)O)(c2ccccc2)c2ccc(OC)cc2)cc1. The molecule has 0 bridgehead atoms. The lowest BCUT2D eigenvalue weighted by atomic mass is 9.84. The van der Waals surface area contributed by atoms with Crippen LogP contribution in [0.5, 0.6) is 11.5 Å². The van der Waals surface area contributed by atoms with Gasteiger partial charge in [0.2, 0.25) is 0 Å². The first-order valence-corrected chi connectivity index (χ1v) is 10.5. The molecule has 0 aliphatic heterocycles. The van der Waals surface area contributed by atoms with Crippen molar-refractivity contribution >= 4 is 17.7 Å². The molecule has 0 aliphatic rings. The summed E-state index contributed by atoms with van der Waals surface area (Å²) in [5.41, 5.74) is 8.92. The molecule has 3 rings (SSSR count). The van der Waals surface area contributed by atoms with Crippen LogP contribution >= 0.6 is 11.8 Å². The Hall–Kier alpha value is -2.96. The van der Waals surface area contributed by atoms with Gasteiger partial charge in [-0.2, -0.15) is 0 Å². The number of nitrogens with two attached hydrogens (primary N) is 1. The summed E-state index contributed by atoms with van der Waals surface area (Å²) < 4.78 is 10.0. The molecule has 156 valence electrons. The topological polar surface area (TPSA) is 81.8 Å². The molecule has 1 atom stereocenters. The van der Waals surface area contributed by atoms with E-state index in [1.165, 1.54) is 11.8 Å². The van der Waals surface area contributed by atoms with E-state index >= 15 is 0 Å². The maximum absolute atomic E-state index is 11.4. The number of thioether (sulfide) groups is 1. The molecule has 0 saturated carbocycles. The standard InChI is InChI=1S/C24H25NO4S/c1-28-20-12-8-18(9-13-20)24(17-6-4-3-5-7-17,30-16-22(25)23(26)27)19-10-14-21(29-2)15-11-19/h3-15,22H,16,25H2,1-2H3,(H,26,27)/t22-/m0/s1. The number of carboxylic acid groups (broad SMARTS) is 1. The minimum atomic E-state index is -1.02. The predicted molar refractivity (Wildman–Crippen MR) is 120 cm³/mol. The van der Waals surface area contributed by atoms with E-state index in [0.29, 0.717) is 0 Å². The van der Waals surface area contributed by atoms with Crippen LogP contribution in [-0.4, -0.2) is 37.1 Å². The van der Waals surface area contributed by atoms with Gasteiger partial charge in [0, 0.05) is 5.75 Å². The summed E-state index contributed by atoms with van der Waals surface area (Å²) in [6.45, 7) is 0. The molecule has 0 saturated heterocycles. The van der Waals surface area contributed by atoms with E-state index in [1.54, 1.807) is 14.2 Å². The van der Waals surface area contributed by atoms with Crippen molar-refractivity contribution in [1.29, 1.82) is 0 Å². The number of hydrogen-bond acceptors (Lipinski definition) is 5. The van der Waals surface area contributed by atoms with Gasteiger partial charge in [-0.1, -0.05) is 54.6 Å². The quantitative estimate of drug-likeness (QED) is 0.504. The summed E-state index contributed by atoms with van der Waals surface area (Å²) in [7, 11) is 3.26. The Kier molecular flexibility index (Phi) is 7.03. The summed E-state index contributed by atoms with van der Waals surface area (Å²) in [5.74, 6) is 0.724. The Morgan fingerprint density at radius 2 is 1.30 bits per heavy atom. The van der Waals surface area contributed by atoms with E-state index in [9.17, 15) is 9.90 Å². The molecular formula is C24H25NO4S. The van der Waals surface area contributed by atoms with Crippen LogP contribution in [0.1, 0.15) is 16.7 Å². The molecular weight excluding hydrogens is 398 g/mol. The van der Waals surface area contributed by atoms with Crippen LogP contribution < -0.4 is 15.2 Å². The van der Waals surface area contributed by atoms with Crippen molar-refractivity contribution in [2.24, 2.45) is 5.73 Å². The van der Waals surface area contributed by atoms with Gasteiger partial charge in [0.15, 0.2) is 0 Å². The zero-order valence-corrected chi connectivity index (χ0v) is 17.8. The third kappa shape index (κ3) is 4.45. The van der Waals surface area contributed by atoms with Crippen LogP contribution in [0.3, 0.4) is 0 Å². The van der Waals surface area contributed by atoms with Crippen LogP contribution in [0.2, 0.25) is 0 Å². The molecule has 6 heteroatoms. The molecule has 3 aromatic carbocycles. The monoisotopic (exact) mass is 423 g/mol. The molecule has 0 amide bonds. The normalized spacial score (nSPS) is 12.2. The number of carbonyl (C=O) groups is 1. The number of benzene rings is 3. The van der Waals surface area contributed by atoms with Gasteiger partial charge in [-0.15, -0.1) is 11.8 Å². The lowest BCUT2D eigenvalue weighted by Crippen LogP contribution is -2.36. The van der Waals surface area contributed by atoms with E-state index in [0.717, 1.165) is 28.2 Å². The fraction of sp³-hybridized carbons (Fsp3) is 0.208. The van der Waals surface area contributed by atoms with Gasteiger partial charge in [0.1, 0.15) is 17.5 Å². The van der Waals surface area contributed by atoms with Crippen molar-refractivity contribution < 1.29 is 19.4 Å². The van der Waals surface area contributed by atoms with Crippen LogP contribution in [-0.2, 0) is 9.54 Å². The second kappa shape index (κ2) is 9.69. The Labute approximate surface area is 180 Å². The minimum absolute atomic E-state index is 0.238. The van der Waals surface area contributed by atoms with Gasteiger partial charge in [-0.05, 0) is 41.0 Å². The van der Waals surface area contributed by atoms with E-state index < -0.39 is 16.8 Å². The maximum Gasteiger partial charge on any atom is 0.321 e. The Morgan fingerprint density at radius 1 is 0.867 bits per heavy atom. The molecule has 3 N–H and O–H groups in total. The minimum Gasteiger partial charge on any atom is -0.497 e. The fourth-order valence-corrected chi connectivity index (χ4v) is 4.84. The summed E-state index contributed by atoms with van der Waals surface area (Å²) in [6, 6.07) is 24.7. The average molecular weight is 424 g/mol. The number of ether oxygens (including phenoxy) is 2. The highest BCUT2D eigenvalue weighted by Gasteiger charge is 2.38. The van der Waals surface area contributed by atoms with Gasteiger partial charge in [-0.25, -0.2) is 0 Å². The highest BCUT2D eigenvalue weighted by Crippen LogP contribution is 2.49. The highest BCUT2D eigenvalue weighted by atomic mass is 32.2. The van der Waals surface area contributed by atoms with Crippen LogP contribution in [0.4, 0.5) is 0 Å². The van der Waals surface area contributed by atoms with Gasteiger partial charge >= 0.3 is 5.97 Å². The highest BCUT2D eigenvalue weighted by molar-refractivity contribution is 8.00.